The topological polar surface area (TPSA) is 41.6 Å². The van der Waals surface area contributed by atoms with Crippen molar-refractivity contribution in [2.45, 2.75) is 97.4 Å². The van der Waals surface area contributed by atoms with Gasteiger partial charge in [-0.15, -0.1) is 11.8 Å². The summed E-state index contributed by atoms with van der Waals surface area (Å²) in [5, 5.41) is 3.57. The summed E-state index contributed by atoms with van der Waals surface area (Å²) in [7, 11) is 0. The minimum Gasteiger partial charge on any atom is -0.493 e. The van der Waals surface area contributed by atoms with Crippen LogP contribution in [-0.4, -0.2) is 23.3 Å². The zero-order valence-corrected chi connectivity index (χ0v) is 24.8. The average molecular weight is 557 g/mol. The molecular weight excluding hydrogens is 512 g/mol. The van der Waals surface area contributed by atoms with Gasteiger partial charge in [0, 0.05) is 23.5 Å². The van der Waals surface area contributed by atoms with Gasteiger partial charge in [-0.2, -0.15) is 0 Å². The lowest BCUT2D eigenvalue weighted by Crippen LogP contribution is -2.15. The number of carbonyl (C=O) groups excluding carboxylic acids is 1. The quantitative estimate of drug-likeness (QED) is 0.185. The molecule has 0 atom stereocenters. The van der Waals surface area contributed by atoms with Gasteiger partial charge in [-0.3, -0.25) is 4.79 Å². The molecule has 0 saturated carbocycles. The van der Waals surface area contributed by atoms with Crippen molar-refractivity contribution in [1.29, 1.82) is 0 Å². The summed E-state index contributed by atoms with van der Waals surface area (Å²) < 4.78 is 6.01. The van der Waals surface area contributed by atoms with Crippen molar-refractivity contribution in [1.82, 2.24) is 4.90 Å². The summed E-state index contributed by atoms with van der Waals surface area (Å²) in [6, 6.07) is 13.3. The summed E-state index contributed by atoms with van der Waals surface area (Å²) in [5.74, 6) is 1.35. The molecule has 0 saturated heterocycles. The molecule has 0 aromatic heterocycles. The van der Waals surface area contributed by atoms with Crippen LogP contribution in [0.25, 0.3) is 0 Å². The number of thioether (sulfide) groups is 1. The average Bonchev–Trinajstić information content (AvgIpc) is 3.32. The van der Waals surface area contributed by atoms with E-state index < -0.39 is 0 Å². The first-order valence-electron chi connectivity index (χ1n) is 14.4. The molecule has 0 fully saturated rings. The van der Waals surface area contributed by atoms with Gasteiger partial charge in [0.05, 0.1) is 18.0 Å². The summed E-state index contributed by atoms with van der Waals surface area (Å²) >= 11 is 8.07. The van der Waals surface area contributed by atoms with Crippen LogP contribution in [0.15, 0.2) is 53.6 Å². The van der Waals surface area contributed by atoms with E-state index in [4.69, 9.17) is 16.3 Å². The van der Waals surface area contributed by atoms with Gasteiger partial charge in [-0.1, -0.05) is 101 Å². The molecule has 6 heteroatoms. The van der Waals surface area contributed by atoms with Crippen molar-refractivity contribution in [3.63, 3.8) is 0 Å². The van der Waals surface area contributed by atoms with Gasteiger partial charge in [0.25, 0.3) is 5.91 Å². The fourth-order valence-corrected chi connectivity index (χ4v) is 5.58. The highest BCUT2D eigenvalue weighted by Crippen LogP contribution is 2.27. The Morgan fingerprint density at radius 3 is 2.16 bits per heavy atom. The molecule has 0 unspecified atom stereocenters. The van der Waals surface area contributed by atoms with Crippen molar-refractivity contribution < 1.29 is 9.53 Å². The van der Waals surface area contributed by atoms with E-state index in [1.165, 1.54) is 74.7 Å². The van der Waals surface area contributed by atoms with Gasteiger partial charge in [0.2, 0.25) is 0 Å². The lowest BCUT2D eigenvalue weighted by molar-refractivity contribution is 0.102. The summed E-state index contributed by atoms with van der Waals surface area (Å²) in [6.07, 6.45) is 17.8. The van der Waals surface area contributed by atoms with E-state index >= 15 is 0 Å². The minimum absolute atomic E-state index is 0.186. The van der Waals surface area contributed by atoms with Crippen molar-refractivity contribution in [3.05, 3.63) is 69.7 Å². The number of hydrogen-bond acceptors (Lipinski definition) is 4. The van der Waals surface area contributed by atoms with Gasteiger partial charge >= 0.3 is 0 Å². The van der Waals surface area contributed by atoms with Crippen LogP contribution in [0.1, 0.15) is 107 Å². The zero-order valence-electron chi connectivity index (χ0n) is 23.3. The Balaban J connectivity index is 1.36. The Labute approximate surface area is 239 Å². The van der Waals surface area contributed by atoms with Crippen LogP contribution >= 0.6 is 23.4 Å². The molecule has 1 aliphatic heterocycles. The summed E-state index contributed by atoms with van der Waals surface area (Å²) in [5.41, 5.74) is 2.49. The molecule has 0 bridgehead atoms. The van der Waals surface area contributed by atoms with Crippen LogP contribution in [0.5, 0.6) is 5.75 Å². The first-order chi connectivity index (χ1) is 18.5. The van der Waals surface area contributed by atoms with Gasteiger partial charge in [-0.25, -0.2) is 0 Å². The number of anilines is 1. The lowest BCUT2D eigenvalue weighted by atomic mass is 10.1. The number of rotatable bonds is 18. The molecule has 1 amide bonds. The maximum absolute atomic E-state index is 13.0. The molecule has 208 valence electrons. The molecule has 4 nitrogen and oxygen atoms in total. The van der Waals surface area contributed by atoms with Crippen LogP contribution in [-0.2, 0) is 6.54 Å². The van der Waals surface area contributed by atoms with Crippen LogP contribution in [0.3, 0.4) is 0 Å². The number of carbonyl (C=O) groups is 1. The van der Waals surface area contributed by atoms with Gasteiger partial charge < -0.3 is 15.0 Å². The summed E-state index contributed by atoms with van der Waals surface area (Å²) in [6.45, 7) is 5.86. The third-order valence-corrected chi connectivity index (χ3v) is 8.12. The molecule has 0 aliphatic carbocycles. The van der Waals surface area contributed by atoms with Crippen LogP contribution in [0.2, 0.25) is 5.02 Å². The molecular formula is C32H45ClN2O2S. The van der Waals surface area contributed by atoms with Gasteiger partial charge in [0.15, 0.2) is 0 Å². The smallest absolute Gasteiger partial charge is 0.259 e. The summed E-state index contributed by atoms with van der Waals surface area (Å²) in [4.78, 5) is 16.7. The predicted octanol–water partition coefficient (Wildman–Crippen LogP) is 10.0. The Morgan fingerprint density at radius 2 is 1.55 bits per heavy atom. The lowest BCUT2D eigenvalue weighted by Gasteiger charge is -2.15. The van der Waals surface area contributed by atoms with E-state index in [0.717, 1.165) is 31.0 Å². The Bertz CT molecular complexity index is 1010. The van der Waals surface area contributed by atoms with Crippen molar-refractivity contribution in [3.8, 4) is 5.75 Å². The van der Waals surface area contributed by atoms with Crippen molar-refractivity contribution in [2.75, 3.05) is 17.8 Å². The second kappa shape index (κ2) is 17.5. The highest BCUT2D eigenvalue weighted by molar-refractivity contribution is 8.03. The molecule has 0 spiro atoms. The Morgan fingerprint density at radius 1 is 0.921 bits per heavy atom. The Hall–Kier alpha value is -2.11. The standard InChI is InChI=1S/C32H45ClN2O2S/c1-3-4-5-6-7-8-9-10-11-12-13-14-21-37-31-22-28(33)17-20-30(31)32(36)34-29-18-15-27(16-19-29)24-35-23-26(2)38-25-35/h15-20,22-23H,3-14,21,24-25H2,1-2H3,(H,34,36). The maximum atomic E-state index is 13.0. The van der Waals surface area contributed by atoms with Gasteiger partial charge in [-0.05, 0) is 54.1 Å². The highest BCUT2D eigenvalue weighted by Gasteiger charge is 2.14. The number of halogens is 1. The SMILES string of the molecule is CCCCCCCCCCCCCCOc1cc(Cl)ccc1C(=O)Nc1ccc(CN2C=C(C)SC2)cc1. The largest absolute Gasteiger partial charge is 0.493 e. The first kappa shape index (κ1) is 30.4. The number of amides is 1. The molecule has 1 N–H and O–H groups in total. The zero-order chi connectivity index (χ0) is 27.0. The molecule has 0 radical (unpaired) electrons. The number of allylic oxidation sites excluding steroid dienone is 1. The number of unbranched alkanes of at least 4 members (excludes halogenated alkanes) is 11. The van der Waals surface area contributed by atoms with Gasteiger partial charge in [0.1, 0.15) is 5.75 Å². The molecule has 2 aromatic rings. The van der Waals surface area contributed by atoms with E-state index in [9.17, 15) is 4.79 Å². The monoisotopic (exact) mass is 556 g/mol. The molecule has 3 rings (SSSR count). The van der Waals surface area contributed by atoms with Crippen LogP contribution in [0, 0.1) is 0 Å². The van der Waals surface area contributed by atoms with Crippen molar-refractivity contribution >= 4 is 35.0 Å². The van der Waals surface area contributed by atoms with Crippen LogP contribution < -0.4 is 10.1 Å². The second-order valence-electron chi connectivity index (χ2n) is 10.3. The molecule has 1 heterocycles. The number of ether oxygens (including phenoxy) is 1. The molecule has 2 aromatic carbocycles. The van der Waals surface area contributed by atoms with Crippen LogP contribution in [0.4, 0.5) is 5.69 Å². The van der Waals surface area contributed by atoms with E-state index in [2.05, 4.69) is 42.4 Å². The minimum atomic E-state index is -0.186. The van der Waals surface area contributed by atoms with Crippen molar-refractivity contribution in [2.24, 2.45) is 0 Å². The second-order valence-corrected chi connectivity index (χ2v) is 11.9. The maximum Gasteiger partial charge on any atom is 0.259 e. The fraction of sp³-hybridized carbons (Fsp3) is 0.531. The third kappa shape index (κ3) is 11.3. The third-order valence-electron chi connectivity index (χ3n) is 6.86. The molecule has 38 heavy (non-hydrogen) atoms. The Kier molecular flexibility index (Phi) is 14.0. The predicted molar refractivity (Wildman–Crippen MR) is 164 cm³/mol. The van der Waals surface area contributed by atoms with E-state index in [-0.39, 0.29) is 5.91 Å². The highest BCUT2D eigenvalue weighted by atomic mass is 35.5. The van der Waals surface area contributed by atoms with E-state index in [1.807, 2.05) is 23.9 Å². The number of benzene rings is 2. The number of nitrogens with zero attached hydrogens (tertiary/aromatic N) is 1. The number of hydrogen-bond donors (Lipinski definition) is 1. The first-order valence-corrected chi connectivity index (χ1v) is 15.8. The normalized spacial score (nSPS) is 13.0. The van der Waals surface area contributed by atoms with E-state index in [0.29, 0.717) is 22.9 Å². The fourth-order valence-electron chi connectivity index (χ4n) is 4.66. The number of nitrogens with one attached hydrogen (secondary N) is 1. The molecule has 1 aliphatic rings. The van der Waals surface area contributed by atoms with E-state index in [1.54, 1.807) is 18.2 Å².